The van der Waals surface area contributed by atoms with Crippen molar-refractivity contribution >= 4 is 22.1 Å². The minimum Gasteiger partial charge on any atom is -0.336 e. The van der Waals surface area contributed by atoms with Gasteiger partial charge >= 0.3 is 0 Å². The third-order valence-corrected chi connectivity index (χ3v) is 5.87. The number of fused-ring (bicyclic) bond motifs is 2. The molecule has 0 aliphatic carbocycles. The van der Waals surface area contributed by atoms with Gasteiger partial charge in [0, 0.05) is 48.0 Å². The van der Waals surface area contributed by atoms with E-state index in [1.54, 1.807) is 18.3 Å². The standard InChI is InChI=1S/C26H21FN8/c1-2-28-11-15-9-17(13-29-12-15)18-10-20-23(34-35-25(20)31-14-18)26-32-21-7-8-30-22(24(21)33-26)16-3-5-19(27)6-4-16/h3-10,12-14,28H,2,11H2,1H3,(H,32,33)(H,31,34,35). The average Bonchev–Trinajstić information content (AvgIpc) is 3.51. The van der Waals surface area contributed by atoms with Crippen molar-refractivity contribution in [1.82, 2.24) is 40.4 Å². The molecule has 1 aromatic carbocycles. The normalized spacial score (nSPS) is 11.5. The lowest BCUT2D eigenvalue weighted by atomic mass is 10.1. The van der Waals surface area contributed by atoms with Crippen LogP contribution in [0.2, 0.25) is 0 Å². The number of aromatic amines is 2. The number of benzene rings is 1. The van der Waals surface area contributed by atoms with Crippen LogP contribution in [0.5, 0.6) is 0 Å². The van der Waals surface area contributed by atoms with Gasteiger partial charge in [-0.1, -0.05) is 6.92 Å². The van der Waals surface area contributed by atoms with Crippen molar-refractivity contribution in [3.63, 3.8) is 0 Å². The molecule has 5 heterocycles. The lowest BCUT2D eigenvalue weighted by Crippen LogP contribution is -2.11. The van der Waals surface area contributed by atoms with Gasteiger partial charge in [0.1, 0.15) is 17.0 Å². The minimum absolute atomic E-state index is 0.294. The molecule has 0 aliphatic rings. The Hall–Kier alpha value is -4.50. The summed E-state index contributed by atoms with van der Waals surface area (Å²) in [4.78, 5) is 21.6. The Bertz CT molecular complexity index is 1650. The number of rotatable bonds is 6. The molecule has 0 spiro atoms. The fraction of sp³-hybridized carbons (Fsp3) is 0.115. The monoisotopic (exact) mass is 464 g/mol. The summed E-state index contributed by atoms with van der Waals surface area (Å²) in [6.45, 7) is 3.73. The number of aromatic nitrogens is 7. The first-order valence-electron chi connectivity index (χ1n) is 11.3. The Balaban J connectivity index is 1.43. The van der Waals surface area contributed by atoms with Crippen molar-refractivity contribution in [2.75, 3.05) is 6.54 Å². The highest BCUT2D eigenvalue weighted by molar-refractivity contribution is 5.96. The topological polar surface area (TPSA) is 108 Å². The van der Waals surface area contributed by atoms with Gasteiger partial charge in [0.2, 0.25) is 0 Å². The molecule has 6 rings (SSSR count). The second-order valence-electron chi connectivity index (χ2n) is 8.20. The Labute approximate surface area is 199 Å². The molecule has 3 N–H and O–H groups in total. The van der Waals surface area contributed by atoms with Gasteiger partial charge in [-0.2, -0.15) is 5.10 Å². The Morgan fingerprint density at radius 3 is 2.63 bits per heavy atom. The van der Waals surface area contributed by atoms with Crippen LogP contribution in [-0.4, -0.2) is 41.7 Å². The summed E-state index contributed by atoms with van der Waals surface area (Å²) in [5, 5.41) is 11.7. The maximum Gasteiger partial charge on any atom is 0.159 e. The van der Waals surface area contributed by atoms with E-state index in [1.165, 1.54) is 12.1 Å². The van der Waals surface area contributed by atoms with Crippen LogP contribution in [0.25, 0.3) is 56.0 Å². The van der Waals surface area contributed by atoms with Crippen molar-refractivity contribution in [1.29, 1.82) is 0 Å². The molecular formula is C26H21FN8. The second kappa shape index (κ2) is 8.69. The van der Waals surface area contributed by atoms with Crippen LogP contribution < -0.4 is 5.32 Å². The first-order chi connectivity index (χ1) is 17.2. The minimum atomic E-state index is -0.294. The predicted molar refractivity (Wildman–Crippen MR) is 133 cm³/mol. The molecule has 0 saturated heterocycles. The van der Waals surface area contributed by atoms with Crippen LogP contribution in [0.15, 0.2) is 67.3 Å². The van der Waals surface area contributed by atoms with Gasteiger partial charge in [0.25, 0.3) is 0 Å². The fourth-order valence-electron chi connectivity index (χ4n) is 4.12. The van der Waals surface area contributed by atoms with E-state index in [9.17, 15) is 4.39 Å². The fourth-order valence-corrected chi connectivity index (χ4v) is 4.12. The van der Waals surface area contributed by atoms with Crippen LogP contribution in [0.4, 0.5) is 4.39 Å². The van der Waals surface area contributed by atoms with Gasteiger partial charge in [-0.3, -0.25) is 15.1 Å². The molecule has 0 amide bonds. The highest BCUT2D eigenvalue weighted by atomic mass is 19.1. The molecule has 0 bridgehead atoms. The Morgan fingerprint density at radius 1 is 0.914 bits per heavy atom. The molecule has 0 saturated carbocycles. The van der Waals surface area contributed by atoms with Gasteiger partial charge in [-0.05, 0) is 54.6 Å². The summed E-state index contributed by atoms with van der Waals surface area (Å²) < 4.78 is 13.4. The summed E-state index contributed by atoms with van der Waals surface area (Å²) in [5.41, 5.74) is 7.32. The van der Waals surface area contributed by atoms with Crippen molar-refractivity contribution in [3.8, 4) is 33.9 Å². The molecule has 35 heavy (non-hydrogen) atoms. The third-order valence-electron chi connectivity index (χ3n) is 5.87. The van der Waals surface area contributed by atoms with Crippen LogP contribution in [0, 0.1) is 5.82 Å². The zero-order valence-corrected chi connectivity index (χ0v) is 18.9. The zero-order chi connectivity index (χ0) is 23.8. The van der Waals surface area contributed by atoms with Crippen molar-refractivity contribution in [3.05, 3.63) is 78.6 Å². The van der Waals surface area contributed by atoms with E-state index < -0.39 is 0 Å². The van der Waals surface area contributed by atoms with Gasteiger partial charge in [-0.25, -0.2) is 14.4 Å². The van der Waals surface area contributed by atoms with E-state index in [1.807, 2.05) is 30.7 Å². The molecule has 0 unspecified atom stereocenters. The zero-order valence-electron chi connectivity index (χ0n) is 18.9. The van der Waals surface area contributed by atoms with Crippen LogP contribution in [0.3, 0.4) is 0 Å². The summed E-state index contributed by atoms with van der Waals surface area (Å²) >= 11 is 0. The van der Waals surface area contributed by atoms with Gasteiger partial charge in [0.15, 0.2) is 11.5 Å². The molecule has 6 aromatic rings. The van der Waals surface area contributed by atoms with Crippen molar-refractivity contribution in [2.24, 2.45) is 0 Å². The first kappa shape index (κ1) is 21.1. The molecule has 0 atom stereocenters. The Morgan fingerprint density at radius 2 is 1.77 bits per heavy atom. The summed E-state index contributed by atoms with van der Waals surface area (Å²) in [5.74, 6) is 0.304. The Kier molecular flexibility index (Phi) is 5.23. The predicted octanol–water partition coefficient (Wildman–Crippen LogP) is 4.87. The molecule has 0 fully saturated rings. The number of pyridine rings is 3. The summed E-state index contributed by atoms with van der Waals surface area (Å²) in [6, 6.07) is 12.2. The van der Waals surface area contributed by atoms with E-state index in [0.29, 0.717) is 28.4 Å². The van der Waals surface area contributed by atoms with Gasteiger partial charge < -0.3 is 10.3 Å². The lowest BCUT2D eigenvalue weighted by Gasteiger charge is -2.05. The quantitative estimate of drug-likeness (QED) is 0.324. The molecule has 8 nitrogen and oxygen atoms in total. The highest BCUT2D eigenvalue weighted by Crippen LogP contribution is 2.31. The molecule has 0 aliphatic heterocycles. The van der Waals surface area contributed by atoms with E-state index in [2.05, 4.69) is 48.4 Å². The molecule has 9 heteroatoms. The van der Waals surface area contributed by atoms with Crippen molar-refractivity contribution in [2.45, 2.75) is 13.5 Å². The smallest absolute Gasteiger partial charge is 0.159 e. The van der Waals surface area contributed by atoms with E-state index >= 15 is 0 Å². The molecule has 0 radical (unpaired) electrons. The van der Waals surface area contributed by atoms with Gasteiger partial charge in [-0.15, -0.1) is 0 Å². The van der Waals surface area contributed by atoms with Crippen LogP contribution in [0.1, 0.15) is 12.5 Å². The molecular weight excluding hydrogens is 443 g/mol. The van der Waals surface area contributed by atoms with Crippen LogP contribution >= 0.6 is 0 Å². The SMILES string of the molecule is CCNCc1cncc(-c2cnc3[nH]nc(-c4nc5c(-c6ccc(F)cc6)nccc5[nH]4)c3c2)c1. The third kappa shape index (κ3) is 3.91. The lowest BCUT2D eigenvalue weighted by molar-refractivity contribution is 0.628. The number of halogens is 1. The summed E-state index contributed by atoms with van der Waals surface area (Å²) in [6.07, 6.45) is 7.22. The number of imidazole rings is 1. The molecule has 5 aromatic heterocycles. The number of hydrogen-bond donors (Lipinski definition) is 3. The maximum atomic E-state index is 13.4. The highest BCUT2D eigenvalue weighted by Gasteiger charge is 2.17. The van der Waals surface area contributed by atoms with Crippen molar-refractivity contribution < 1.29 is 4.39 Å². The maximum absolute atomic E-state index is 13.4. The second-order valence-corrected chi connectivity index (χ2v) is 8.20. The first-order valence-corrected chi connectivity index (χ1v) is 11.3. The number of nitrogens with one attached hydrogen (secondary N) is 3. The largest absolute Gasteiger partial charge is 0.336 e. The van der Waals surface area contributed by atoms with E-state index in [-0.39, 0.29) is 5.82 Å². The number of hydrogen-bond acceptors (Lipinski definition) is 6. The van der Waals surface area contributed by atoms with Crippen LogP contribution in [-0.2, 0) is 6.54 Å². The van der Waals surface area contributed by atoms with E-state index in [0.717, 1.165) is 46.2 Å². The van der Waals surface area contributed by atoms with E-state index in [4.69, 9.17) is 4.98 Å². The van der Waals surface area contributed by atoms with Gasteiger partial charge in [0.05, 0.1) is 16.6 Å². The number of nitrogens with zero attached hydrogens (tertiary/aromatic N) is 5. The molecule has 172 valence electrons. The summed E-state index contributed by atoms with van der Waals surface area (Å²) in [7, 11) is 0. The average molecular weight is 465 g/mol. The number of H-pyrrole nitrogens is 2.